The summed E-state index contributed by atoms with van der Waals surface area (Å²) in [4.78, 5) is 4.50. The van der Waals surface area contributed by atoms with Crippen LogP contribution in [0.4, 0.5) is 0 Å². The molecule has 0 spiro atoms. The van der Waals surface area contributed by atoms with Crippen LogP contribution in [-0.2, 0) is 6.42 Å². The third kappa shape index (κ3) is 2.50. The van der Waals surface area contributed by atoms with Gasteiger partial charge in [0.2, 0.25) is 0 Å². The summed E-state index contributed by atoms with van der Waals surface area (Å²) in [5.41, 5.74) is 2.24. The maximum absolute atomic E-state index is 6.13. The summed E-state index contributed by atoms with van der Waals surface area (Å²) >= 11 is 6.13. The quantitative estimate of drug-likeness (QED) is 0.895. The zero-order chi connectivity index (χ0) is 12.4. The molecule has 2 aromatic rings. The molecule has 1 N–H and O–H groups in total. The van der Waals surface area contributed by atoms with Crippen LogP contribution < -0.4 is 5.32 Å². The van der Waals surface area contributed by atoms with Gasteiger partial charge in [0.15, 0.2) is 0 Å². The van der Waals surface area contributed by atoms with Gasteiger partial charge in [-0.15, -0.1) is 0 Å². The second-order valence-electron chi connectivity index (χ2n) is 5.05. The largest absolute Gasteiger partial charge is 0.317 e. The summed E-state index contributed by atoms with van der Waals surface area (Å²) in [6.07, 6.45) is 5.66. The maximum atomic E-state index is 6.13. The van der Waals surface area contributed by atoms with Gasteiger partial charge in [-0.05, 0) is 56.0 Å². The van der Waals surface area contributed by atoms with E-state index in [-0.39, 0.29) is 0 Å². The lowest BCUT2D eigenvalue weighted by Gasteiger charge is -2.22. The third-order valence-corrected chi connectivity index (χ3v) is 4.01. The molecular formula is C15H17ClN2. The van der Waals surface area contributed by atoms with Gasteiger partial charge in [-0.3, -0.25) is 4.98 Å². The van der Waals surface area contributed by atoms with Crippen LogP contribution in [0.3, 0.4) is 0 Å². The number of pyridine rings is 1. The maximum Gasteiger partial charge on any atom is 0.0888 e. The van der Waals surface area contributed by atoms with Gasteiger partial charge in [0.1, 0.15) is 0 Å². The number of halogens is 1. The molecule has 0 atom stereocenters. The van der Waals surface area contributed by atoms with Crippen LogP contribution in [0.5, 0.6) is 0 Å². The smallest absolute Gasteiger partial charge is 0.0888 e. The Kier molecular flexibility index (Phi) is 3.48. The van der Waals surface area contributed by atoms with E-state index in [0.29, 0.717) is 0 Å². The molecule has 2 nitrogen and oxygen atoms in total. The molecule has 94 valence electrons. The van der Waals surface area contributed by atoms with Crippen molar-refractivity contribution in [3.8, 4) is 0 Å². The van der Waals surface area contributed by atoms with Crippen molar-refractivity contribution in [1.82, 2.24) is 10.3 Å². The third-order valence-electron chi connectivity index (χ3n) is 3.70. The second kappa shape index (κ2) is 5.25. The number of hydrogen-bond acceptors (Lipinski definition) is 2. The molecule has 1 aromatic heterocycles. The molecule has 1 aromatic carbocycles. The van der Waals surface area contributed by atoms with Gasteiger partial charge in [-0.25, -0.2) is 0 Å². The Labute approximate surface area is 112 Å². The fraction of sp³-hybridized carbons (Fsp3) is 0.400. The summed E-state index contributed by atoms with van der Waals surface area (Å²) in [6, 6.07) is 8.19. The lowest BCUT2D eigenvalue weighted by Crippen LogP contribution is -2.28. The molecule has 3 rings (SSSR count). The van der Waals surface area contributed by atoms with E-state index in [1.165, 1.54) is 18.4 Å². The number of nitrogens with one attached hydrogen (secondary N) is 1. The number of fused-ring (bicyclic) bond motifs is 1. The highest BCUT2D eigenvalue weighted by Crippen LogP contribution is 2.24. The summed E-state index contributed by atoms with van der Waals surface area (Å²) in [7, 11) is 0. The number of para-hydroxylation sites is 1. The first-order valence-corrected chi connectivity index (χ1v) is 6.94. The normalized spacial score (nSPS) is 17.2. The molecule has 18 heavy (non-hydrogen) atoms. The van der Waals surface area contributed by atoms with Crippen molar-refractivity contribution in [2.45, 2.75) is 19.3 Å². The molecule has 1 aliphatic heterocycles. The van der Waals surface area contributed by atoms with Crippen LogP contribution >= 0.6 is 11.6 Å². The zero-order valence-electron chi connectivity index (χ0n) is 10.3. The number of hydrogen-bond donors (Lipinski definition) is 1. The molecule has 0 unspecified atom stereocenters. The summed E-state index contributed by atoms with van der Waals surface area (Å²) in [5, 5.41) is 5.29. The first-order chi connectivity index (χ1) is 8.83. The molecule has 1 saturated heterocycles. The molecule has 0 bridgehead atoms. The Morgan fingerprint density at radius 1 is 1.28 bits per heavy atom. The van der Waals surface area contributed by atoms with E-state index >= 15 is 0 Å². The average molecular weight is 261 g/mol. The molecule has 1 fully saturated rings. The molecule has 0 saturated carbocycles. The molecule has 0 radical (unpaired) electrons. The van der Waals surface area contributed by atoms with Gasteiger partial charge >= 0.3 is 0 Å². The van der Waals surface area contributed by atoms with Crippen LogP contribution in [0.15, 0.2) is 30.5 Å². The number of piperidine rings is 1. The Morgan fingerprint density at radius 3 is 2.94 bits per heavy atom. The summed E-state index contributed by atoms with van der Waals surface area (Å²) in [5.74, 6) is 0.796. The minimum absolute atomic E-state index is 0.737. The monoisotopic (exact) mass is 260 g/mol. The van der Waals surface area contributed by atoms with Crippen molar-refractivity contribution >= 4 is 22.5 Å². The first-order valence-electron chi connectivity index (χ1n) is 6.57. The van der Waals surface area contributed by atoms with E-state index < -0.39 is 0 Å². The molecule has 2 heterocycles. The molecule has 3 heteroatoms. The van der Waals surface area contributed by atoms with Crippen molar-refractivity contribution in [2.24, 2.45) is 5.92 Å². The van der Waals surface area contributed by atoms with Crippen LogP contribution in [0.2, 0.25) is 5.02 Å². The van der Waals surface area contributed by atoms with Crippen LogP contribution in [0.25, 0.3) is 10.9 Å². The standard InChI is InChI=1S/C15H17ClN2/c16-14-3-1-2-13-9-12(10-18-15(13)14)8-11-4-6-17-7-5-11/h1-3,9-11,17H,4-8H2. The van der Waals surface area contributed by atoms with Crippen LogP contribution in [-0.4, -0.2) is 18.1 Å². The van der Waals surface area contributed by atoms with Crippen molar-refractivity contribution in [3.63, 3.8) is 0 Å². The highest BCUT2D eigenvalue weighted by Gasteiger charge is 2.14. The van der Waals surface area contributed by atoms with Crippen molar-refractivity contribution < 1.29 is 0 Å². The second-order valence-corrected chi connectivity index (χ2v) is 5.46. The first kappa shape index (κ1) is 11.9. The Hall–Kier alpha value is -1.12. The van der Waals surface area contributed by atoms with E-state index in [0.717, 1.165) is 41.4 Å². The van der Waals surface area contributed by atoms with Crippen LogP contribution in [0, 0.1) is 5.92 Å². The van der Waals surface area contributed by atoms with E-state index in [4.69, 9.17) is 11.6 Å². The minimum atomic E-state index is 0.737. The Morgan fingerprint density at radius 2 is 2.11 bits per heavy atom. The van der Waals surface area contributed by atoms with E-state index in [1.807, 2.05) is 18.3 Å². The number of rotatable bonds is 2. The fourth-order valence-electron chi connectivity index (χ4n) is 2.70. The average Bonchev–Trinajstić information content (AvgIpc) is 2.40. The van der Waals surface area contributed by atoms with Crippen molar-refractivity contribution in [1.29, 1.82) is 0 Å². The topological polar surface area (TPSA) is 24.9 Å². The van der Waals surface area contributed by atoms with Crippen molar-refractivity contribution in [2.75, 3.05) is 13.1 Å². The lowest BCUT2D eigenvalue weighted by molar-refractivity contribution is 0.372. The lowest BCUT2D eigenvalue weighted by atomic mass is 9.91. The summed E-state index contributed by atoms with van der Waals surface area (Å²) < 4.78 is 0. The number of benzene rings is 1. The van der Waals surface area contributed by atoms with Gasteiger partial charge in [0.05, 0.1) is 10.5 Å². The van der Waals surface area contributed by atoms with Gasteiger partial charge in [-0.1, -0.05) is 23.7 Å². The number of nitrogens with zero attached hydrogens (tertiary/aromatic N) is 1. The minimum Gasteiger partial charge on any atom is -0.317 e. The van der Waals surface area contributed by atoms with Gasteiger partial charge in [0, 0.05) is 11.6 Å². The van der Waals surface area contributed by atoms with Crippen molar-refractivity contribution in [3.05, 3.63) is 41.0 Å². The number of aromatic nitrogens is 1. The Bertz CT molecular complexity index is 547. The molecule has 0 aliphatic carbocycles. The molecule has 1 aliphatic rings. The molecular weight excluding hydrogens is 244 g/mol. The molecule has 0 amide bonds. The highest BCUT2D eigenvalue weighted by atomic mass is 35.5. The van der Waals surface area contributed by atoms with Crippen LogP contribution in [0.1, 0.15) is 18.4 Å². The van der Waals surface area contributed by atoms with Gasteiger partial charge in [-0.2, -0.15) is 0 Å². The zero-order valence-corrected chi connectivity index (χ0v) is 11.1. The van der Waals surface area contributed by atoms with E-state index in [9.17, 15) is 0 Å². The highest BCUT2D eigenvalue weighted by molar-refractivity contribution is 6.35. The predicted octanol–water partition coefficient (Wildman–Crippen LogP) is 3.43. The van der Waals surface area contributed by atoms with E-state index in [1.54, 1.807) is 0 Å². The summed E-state index contributed by atoms with van der Waals surface area (Å²) in [6.45, 7) is 2.30. The van der Waals surface area contributed by atoms with Gasteiger partial charge in [0.25, 0.3) is 0 Å². The predicted molar refractivity (Wildman–Crippen MR) is 76.1 cm³/mol. The SMILES string of the molecule is Clc1cccc2cc(CC3CCNCC3)cnc12. The van der Waals surface area contributed by atoms with E-state index in [2.05, 4.69) is 22.4 Å². The fourth-order valence-corrected chi connectivity index (χ4v) is 2.93. The van der Waals surface area contributed by atoms with Gasteiger partial charge < -0.3 is 5.32 Å². The Balaban J connectivity index is 1.84.